The van der Waals surface area contributed by atoms with Crippen molar-refractivity contribution in [2.45, 2.75) is 6.42 Å². The smallest absolute Gasteiger partial charge is 0.237 e. The summed E-state index contributed by atoms with van der Waals surface area (Å²) in [5.41, 5.74) is 0. The summed E-state index contributed by atoms with van der Waals surface area (Å²) in [5.74, 6) is -1.01. The van der Waals surface area contributed by atoms with E-state index in [4.69, 9.17) is 33.9 Å². The largest absolute Gasteiger partial charge is 0.280 e. The van der Waals surface area contributed by atoms with Gasteiger partial charge in [0.05, 0.1) is 5.75 Å². The molecule has 11 heteroatoms. The fourth-order valence-electron chi connectivity index (χ4n) is 1.80. The summed E-state index contributed by atoms with van der Waals surface area (Å²) in [4.78, 5) is 24.1. The molecule has 7 nitrogen and oxygen atoms in total. The molecule has 1 saturated heterocycles. The maximum absolute atomic E-state index is 11.8. The van der Waals surface area contributed by atoms with Gasteiger partial charge < -0.3 is 0 Å². The Morgan fingerprint density at radius 2 is 1.79 bits per heavy atom. The molecule has 19 heavy (non-hydrogen) atoms. The van der Waals surface area contributed by atoms with E-state index >= 15 is 0 Å². The number of hydrogen-bond donors (Lipinski definition) is 0. The van der Waals surface area contributed by atoms with Crippen molar-refractivity contribution >= 4 is 54.8 Å². The molecule has 2 rings (SSSR count). The van der Waals surface area contributed by atoms with Crippen LogP contribution in [-0.4, -0.2) is 41.6 Å². The van der Waals surface area contributed by atoms with Gasteiger partial charge in [0.1, 0.15) is 0 Å². The van der Waals surface area contributed by atoms with Crippen molar-refractivity contribution < 1.29 is 13.2 Å². The van der Waals surface area contributed by atoms with E-state index in [1.165, 1.54) is 4.90 Å². The second kappa shape index (κ2) is 5.35. The predicted octanol–water partition coefficient (Wildman–Crippen LogP) is 1.10. The van der Waals surface area contributed by atoms with Crippen molar-refractivity contribution in [1.82, 2.24) is 15.0 Å². The second-order valence-electron chi connectivity index (χ2n) is 3.95. The van der Waals surface area contributed by atoms with Crippen molar-refractivity contribution in [2.24, 2.45) is 5.92 Å². The summed E-state index contributed by atoms with van der Waals surface area (Å²) in [6, 6.07) is 0. The van der Waals surface area contributed by atoms with Gasteiger partial charge in [-0.3, -0.25) is 9.69 Å². The molecule has 1 fully saturated rings. The van der Waals surface area contributed by atoms with Crippen molar-refractivity contribution in [1.29, 1.82) is 0 Å². The highest BCUT2D eigenvalue weighted by Crippen LogP contribution is 2.25. The SMILES string of the molecule is O=C1CC(CS(=O)(=O)Cl)CN1c1nc(Cl)nc(Cl)n1. The summed E-state index contributed by atoms with van der Waals surface area (Å²) in [5, 5.41) is -0.285. The number of rotatable bonds is 3. The topological polar surface area (TPSA) is 93.1 Å². The summed E-state index contributed by atoms with van der Waals surface area (Å²) in [7, 11) is 1.50. The highest BCUT2D eigenvalue weighted by molar-refractivity contribution is 8.13. The van der Waals surface area contributed by atoms with Gasteiger partial charge in [0, 0.05) is 29.6 Å². The van der Waals surface area contributed by atoms with Crippen LogP contribution in [-0.2, 0) is 13.8 Å². The van der Waals surface area contributed by atoms with E-state index in [1.807, 2.05) is 0 Å². The van der Waals surface area contributed by atoms with Crippen LogP contribution in [0.1, 0.15) is 6.42 Å². The Bertz CT molecular complexity index is 603. The maximum atomic E-state index is 11.8. The lowest BCUT2D eigenvalue weighted by molar-refractivity contribution is -0.117. The van der Waals surface area contributed by atoms with Crippen molar-refractivity contribution in [2.75, 3.05) is 17.2 Å². The molecule has 0 bridgehead atoms. The minimum absolute atomic E-state index is 0.00414. The standard InChI is InChI=1S/C8H7Cl3N4O3S/c9-6-12-7(10)14-8(13-6)15-2-4(1-5(15)16)3-19(11,17)18/h4H,1-3H2. The van der Waals surface area contributed by atoms with Crippen LogP contribution in [0.3, 0.4) is 0 Å². The van der Waals surface area contributed by atoms with E-state index in [1.54, 1.807) is 0 Å². The molecular weight excluding hydrogens is 339 g/mol. The highest BCUT2D eigenvalue weighted by atomic mass is 35.7. The van der Waals surface area contributed by atoms with Gasteiger partial charge >= 0.3 is 0 Å². The van der Waals surface area contributed by atoms with Gasteiger partial charge in [0.25, 0.3) is 0 Å². The second-order valence-corrected chi connectivity index (χ2v) is 7.45. The molecule has 1 aromatic heterocycles. The zero-order valence-corrected chi connectivity index (χ0v) is 12.3. The van der Waals surface area contributed by atoms with Gasteiger partial charge in [-0.15, -0.1) is 0 Å². The van der Waals surface area contributed by atoms with Crippen LogP contribution >= 0.6 is 33.9 Å². The molecule has 1 amide bonds. The first-order chi connectivity index (χ1) is 8.74. The van der Waals surface area contributed by atoms with Gasteiger partial charge in [0.2, 0.25) is 31.5 Å². The molecule has 0 spiro atoms. The van der Waals surface area contributed by atoms with Gasteiger partial charge in [-0.05, 0) is 23.2 Å². The molecule has 0 N–H and O–H groups in total. The monoisotopic (exact) mass is 344 g/mol. The number of carbonyl (C=O) groups is 1. The highest BCUT2D eigenvalue weighted by Gasteiger charge is 2.34. The quantitative estimate of drug-likeness (QED) is 0.762. The minimum Gasteiger partial charge on any atom is -0.280 e. The van der Waals surface area contributed by atoms with E-state index < -0.39 is 15.0 Å². The molecule has 1 atom stereocenters. The fraction of sp³-hybridized carbons (Fsp3) is 0.500. The number of hydrogen-bond acceptors (Lipinski definition) is 6. The summed E-state index contributed by atoms with van der Waals surface area (Å²) < 4.78 is 22.0. The zero-order chi connectivity index (χ0) is 14.2. The lowest BCUT2D eigenvalue weighted by Crippen LogP contribution is -2.27. The van der Waals surface area contributed by atoms with Crippen LogP contribution in [0.5, 0.6) is 0 Å². The number of halogens is 3. The van der Waals surface area contributed by atoms with Crippen LogP contribution in [0.25, 0.3) is 0 Å². The molecule has 0 saturated carbocycles. The third-order valence-corrected chi connectivity index (χ3v) is 4.04. The van der Waals surface area contributed by atoms with E-state index in [2.05, 4.69) is 15.0 Å². The van der Waals surface area contributed by atoms with E-state index in [0.717, 1.165) is 0 Å². The number of amides is 1. The van der Waals surface area contributed by atoms with Crippen molar-refractivity contribution in [3.8, 4) is 0 Å². The molecule has 104 valence electrons. The van der Waals surface area contributed by atoms with Gasteiger partial charge in [0.15, 0.2) is 0 Å². The number of aromatic nitrogens is 3. The molecule has 0 aliphatic carbocycles. The first-order valence-corrected chi connectivity index (χ1v) is 8.28. The lowest BCUT2D eigenvalue weighted by Gasteiger charge is -2.13. The van der Waals surface area contributed by atoms with Crippen LogP contribution in [0.2, 0.25) is 10.6 Å². The normalized spacial score (nSPS) is 20.1. The molecule has 1 aromatic rings. The van der Waals surface area contributed by atoms with E-state index in [9.17, 15) is 13.2 Å². The summed E-state index contributed by atoms with van der Waals surface area (Å²) in [6.07, 6.45) is 0.0485. The van der Waals surface area contributed by atoms with Crippen molar-refractivity contribution in [3.05, 3.63) is 10.6 Å². The van der Waals surface area contributed by atoms with Gasteiger partial charge in [-0.25, -0.2) is 8.42 Å². The Morgan fingerprint density at radius 3 is 2.32 bits per heavy atom. The molecule has 1 unspecified atom stereocenters. The van der Waals surface area contributed by atoms with E-state index in [0.29, 0.717) is 0 Å². The third-order valence-electron chi connectivity index (χ3n) is 2.45. The Balaban J connectivity index is 2.20. The fourth-order valence-corrected chi connectivity index (χ4v) is 3.48. The van der Waals surface area contributed by atoms with E-state index in [-0.39, 0.29) is 41.1 Å². The van der Waals surface area contributed by atoms with Crippen LogP contribution in [0, 0.1) is 5.92 Å². The molecule has 0 aromatic carbocycles. The Kier molecular flexibility index (Phi) is 4.14. The van der Waals surface area contributed by atoms with Gasteiger partial charge in [-0.2, -0.15) is 15.0 Å². The molecule has 1 aliphatic rings. The lowest BCUT2D eigenvalue weighted by atomic mass is 10.1. The average molecular weight is 346 g/mol. The molecular formula is C8H7Cl3N4O3S. The maximum Gasteiger partial charge on any atom is 0.237 e. The zero-order valence-electron chi connectivity index (χ0n) is 9.25. The predicted molar refractivity (Wildman–Crippen MR) is 69.9 cm³/mol. The molecule has 0 radical (unpaired) electrons. The number of carbonyl (C=O) groups excluding carboxylic acids is 1. The van der Waals surface area contributed by atoms with Crippen molar-refractivity contribution in [3.63, 3.8) is 0 Å². The Labute approximate surface area is 123 Å². The Hall–Kier alpha value is -0.700. The first-order valence-electron chi connectivity index (χ1n) is 5.04. The molecule has 2 heterocycles. The summed E-state index contributed by atoms with van der Waals surface area (Å²) in [6.45, 7) is 0.140. The van der Waals surface area contributed by atoms with Gasteiger partial charge in [-0.1, -0.05) is 0 Å². The first kappa shape index (κ1) is 14.7. The number of anilines is 1. The van der Waals surface area contributed by atoms with Crippen LogP contribution < -0.4 is 4.90 Å². The number of nitrogens with zero attached hydrogens (tertiary/aromatic N) is 4. The Morgan fingerprint density at radius 1 is 1.21 bits per heavy atom. The van der Waals surface area contributed by atoms with Crippen LogP contribution in [0.4, 0.5) is 5.95 Å². The average Bonchev–Trinajstić information content (AvgIpc) is 2.54. The summed E-state index contributed by atoms with van der Waals surface area (Å²) >= 11 is 11.2. The third kappa shape index (κ3) is 3.88. The molecule has 1 aliphatic heterocycles. The minimum atomic E-state index is -3.66. The van der Waals surface area contributed by atoms with Crippen LogP contribution in [0.15, 0.2) is 0 Å².